The minimum absolute atomic E-state index is 0.193. The highest BCUT2D eigenvalue weighted by molar-refractivity contribution is 5.78. The van der Waals surface area contributed by atoms with Crippen molar-refractivity contribution in [2.75, 3.05) is 32.4 Å². The Morgan fingerprint density at radius 3 is 2.72 bits per heavy atom. The van der Waals surface area contributed by atoms with Gasteiger partial charge >= 0.3 is 0 Å². The van der Waals surface area contributed by atoms with Gasteiger partial charge in [0.25, 0.3) is 0 Å². The zero-order valence-corrected chi connectivity index (χ0v) is 10.7. The number of carbonyl (C=O) groups excluding carboxylic acids is 1. The third kappa shape index (κ3) is 3.40. The number of amides is 1. The van der Waals surface area contributed by atoms with Crippen molar-refractivity contribution in [1.29, 1.82) is 0 Å². The minimum Gasteiger partial charge on any atom is -0.382 e. The molecule has 0 saturated carbocycles. The lowest BCUT2D eigenvalue weighted by Crippen LogP contribution is -2.37. The Kier molecular flexibility index (Phi) is 4.09. The van der Waals surface area contributed by atoms with E-state index in [0.29, 0.717) is 18.9 Å². The van der Waals surface area contributed by atoms with Gasteiger partial charge in [0.2, 0.25) is 5.91 Å². The number of anilines is 1. The van der Waals surface area contributed by atoms with E-state index in [9.17, 15) is 4.79 Å². The number of nitrogens with zero attached hydrogens (tertiary/aromatic N) is 4. The first-order chi connectivity index (χ1) is 8.65. The number of nitrogens with two attached hydrogens (primary N) is 1. The molecule has 0 spiro atoms. The van der Waals surface area contributed by atoms with Gasteiger partial charge in [0.05, 0.1) is 24.6 Å². The molecule has 0 bridgehead atoms. The number of hydrogen-bond acceptors (Lipinski definition) is 5. The first kappa shape index (κ1) is 12.8. The van der Waals surface area contributed by atoms with Crippen LogP contribution in [-0.4, -0.2) is 52.4 Å². The summed E-state index contributed by atoms with van der Waals surface area (Å²) in [5, 5.41) is 0. The number of rotatable bonds is 4. The summed E-state index contributed by atoms with van der Waals surface area (Å²) in [6.07, 6.45) is 5.43. The lowest BCUT2D eigenvalue weighted by atomic mass is 10.4. The maximum Gasteiger partial charge on any atom is 0.236 e. The standard InChI is InChI=1S/C12H19N5O/c1-16(8-10-6-15-11(13)7-14-10)9-12(18)17-4-2-3-5-17/h6-7H,2-5,8-9H2,1H3,(H2,13,15). The summed E-state index contributed by atoms with van der Waals surface area (Å²) >= 11 is 0. The summed E-state index contributed by atoms with van der Waals surface area (Å²) in [6, 6.07) is 0. The fraction of sp³-hybridized carbons (Fsp3) is 0.583. The number of aromatic nitrogens is 2. The quantitative estimate of drug-likeness (QED) is 0.820. The lowest BCUT2D eigenvalue weighted by molar-refractivity contribution is -0.131. The van der Waals surface area contributed by atoms with E-state index in [-0.39, 0.29) is 5.91 Å². The van der Waals surface area contributed by atoms with Gasteiger partial charge in [-0.2, -0.15) is 0 Å². The Morgan fingerprint density at radius 1 is 1.39 bits per heavy atom. The monoisotopic (exact) mass is 249 g/mol. The summed E-state index contributed by atoms with van der Waals surface area (Å²) in [7, 11) is 1.91. The molecule has 6 nitrogen and oxygen atoms in total. The second kappa shape index (κ2) is 5.77. The van der Waals surface area contributed by atoms with Crippen molar-refractivity contribution in [3.05, 3.63) is 18.1 Å². The number of hydrogen-bond donors (Lipinski definition) is 1. The maximum absolute atomic E-state index is 11.9. The minimum atomic E-state index is 0.193. The molecule has 6 heteroatoms. The van der Waals surface area contributed by atoms with Crippen LogP contribution >= 0.6 is 0 Å². The fourth-order valence-corrected chi connectivity index (χ4v) is 2.08. The molecule has 0 unspecified atom stereocenters. The van der Waals surface area contributed by atoms with Crippen LogP contribution in [0.3, 0.4) is 0 Å². The molecule has 0 atom stereocenters. The van der Waals surface area contributed by atoms with E-state index in [0.717, 1.165) is 31.6 Å². The predicted octanol–water partition coefficient (Wildman–Crippen LogP) is 0.113. The van der Waals surface area contributed by atoms with E-state index in [4.69, 9.17) is 5.73 Å². The molecule has 1 aliphatic rings. The molecule has 0 aliphatic carbocycles. The van der Waals surface area contributed by atoms with Crippen molar-refractivity contribution < 1.29 is 4.79 Å². The van der Waals surface area contributed by atoms with Gasteiger partial charge < -0.3 is 10.6 Å². The van der Waals surface area contributed by atoms with Crippen molar-refractivity contribution in [1.82, 2.24) is 19.8 Å². The maximum atomic E-state index is 11.9. The molecule has 1 amide bonds. The third-order valence-electron chi connectivity index (χ3n) is 3.02. The number of carbonyl (C=O) groups is 1. The van der Waals surface area contributed by atoms with E-state index in [2.05, 4.69) is 9.97 Å². The molecule has 98 valence electrons. The molecule has 0 aromatic carbocycles. The highest BCUT2D eigenvalue weighted by Gasteiger charge is 2.19. The highest BCUT2D eigenvalue weighted by atomic mass is 16.2. The van der Waals surface area contributed by atoms with E-state index >= 15 is 0 Å². The van der Waals surface area contributed by atoms with Gasteiger partial charge in [0, 0.05) is 19.6 Å². The molecule has 2 heterocycles. The van der Waals surface area contributed by atoms with E-state index in [1.807, 2.05) is 16.8 Å². The van der Waals surface area contributed by atoms with Crippen LogP contribution in [0.2, 0.25) is 0 Å². The molecule has 1 aliphatic heterocycles. The first-order valence-corrected chi connectivity index (χ1v) is 6.18. The van der Waals surface area contributed by atoms with Crippen LogP contribution in [0.25, 0.3) is 0 Å². The third-order valence-corrected chi connectivity index (χ3v) is 3.02. The summed E-state index contributed by atoms with van der Waals surface area (Å²) in [5.74, 6) is 0.605. The summed E-state index contributed by atoms with van der Waals surface area (Å²) < 4.78 is 0. The smallest absolute Gasteiger partial charge is 0.236 e. The molecule has 1 aromatic rings. The van der Waals surface area contributed by atoms with Crippen molar-refractivity contribution >= 4 is 11.7 Å². The molecule has 1 aromatic heterocycles. The van der Waals surface area contributed by atoms with E-state index in [1.54, 1.807) is 6.20 Å². The zero-order chi connectivity index (χ0) is 13.0. The van der Waals surface area contributed by atoms with Gasteiger partial charge in [-0.3, -0.25) is 14.7 Å². The molecule has 2 rings (SSSR count). The van der Waals surface area contributed by atoms with Crippen molar-refractivity contribution in [2.24, 2.45) is 0 Å². The van der Waals surface area contributed by atoms with Gasteiger partial charge in [-0.1, -0.05) is 0 Å². The topological polar surface area (TPSA) is 75.4 Å². The lowest BCUT2D eigenvalue weighted by Gasteiger charge is -2.20. The second-order valence-corrected chi connectivity index (χ2v) is 4.69. The molecule has 1 saturated heterocycles. The van der Waals surface area contributed by atoms with Crippen LogP contribution in [0.4, 0.5) is 5.82 Å². The number of likely N-dealkylation sites (tertiary alicyclic amines) is 1. The summed E-state index contributed by atoms with van der Waals surface area (Å²) in [5.41, 5.74) is 6.29. The fourth-order valence-electron chi connectivity index (χ4n) is 2.08. The van der Waals surface area contributed by atoms with Crippen LogP contribution < -0.4 is 5.73 Å². The van der Waals surface area contributed by atoms with Gasteiger partial charge in [0.1, 0.15) is 5.82 Å². The van der Waals surface area contributed by atoms with Crippen LogP contribution in [0.15, 0.2) is 12.4 Å². The molecule has 0 radical (unpaired) electrons. The first-order valence-electron chi connectivity index (χ1n) is 6.18. The number of nitrogen functional groups attached to an aromatic ring is 1. The normalized spacial score (nSPS) is 15.3. The molecule has 2 N–H and O–H groups in total. The van der Waals surface area contributed by atoms with Crippen LogP contribution in [0, 0.1) is 0 Å². The van der Waals surface area contributed by atoms with Gasteiger partial charge in [-0.25, -0.2) is 4.98 Å². The van der Waals surface area contributed by atoms with Crippen LogP contribution in [0.1, 0.15) is 18.5 Å². The van der Waals surface area contributed by atoms with Gasteiger partial charge in [-0.15, -0.1) is 0 Å². The van der Waals surface area contributed by atoms with E-state index < -0.39 is 0 Å². The second-order valence-electron chi connectivity index (χ2n) is 4.69. The Labute approximate surface area is 107 Å². The van der Waals surface area contributed by atoms with Gasteiger partial charge in [-0.05, 0) is 19.9 Å². The Bertz CT molecular complexity index is 399. The molecular weight excluding hydrogens is 230 g/mol. The summed E-state index contributed by atoms with van der Waals surface area (Å²) in [6.45, 7) is 2.82. The largest absolute Gasteiger partial charge is 0.382 e. The Morgan fingerprint density at radius 2 is 2.11 bits per heavy atom. The molecular formula is C12H19N5O. The van der Waals surface area contributed by atoms with Crippen LogP contribution in [-0.2, 0) is 11.3 Å². The number of likely N-dealkylation sites (N-methyl/N-ethyl adjacent to an activating group) is 1. The predicted molar refractivity (Wildman–Crippen MR) is 68.6 cm³/mol. The Balaban J connectivity index is 1.82. The average Bonchev–Trinajstić information content (AvgIpc) is 2.85. The van der Waals surface area contributed by atoms with Crippen molar-refractivity contribution in [3.8, 4) is 0 Å². The van der Waals surface area contributed by atoms with Crippen molar-refractivity contribution in [2.45, 2.75) is 19.4 Å². The molecule has 1 fully saturated rings. The Hall–Kier alpha value is -1.69. The summed E-state index contributed by atoms with van der Waals surface area (Å²) in [4.78, 5) is 23.9. The van der Waals surface area contributed by atoms with E-state index in [1.165, 1.54) is 6.20 Å². The van der Waals surface area contributed by atoms with Crippen LogP contribution in [0.5, 0.6) is 0 Å². The van der Waals surface area contributed by atoms with Crippen molar-refractivity contribution in [3.63, 3.8) is 0 Å². The zero-order valence-electron chi connectivity index (χ0n) is 10.7. The average molecular weight is 249 g/mol. The van der Waals surface area contributed by atoms with Gasteiger partial charge in [0.15, 0.2) is 0 Å². The SMILES string of the molecule is CN(CC(=O)N1CCCC1)Cc1cnc(N)cn1. The molecule has 18 heavy (non-hydrogen) atoms. The highest BCUT2D eigenvalue weighted by Crippen LogP contribution is 2.08.